The molecular weight excluding hydrogens is 360 g/mol. The molecule has 136 valence electrons. The Morgan fingerprint density at radius 2 is 1.85 bits per heavy atom. The van der Waals surface area contributed by atoms with Gasteiger partial charge in [0.05, 0.1) is 12.6 Å². The molecule has 1 unspecified atom stereocenters. The van der Waals surface area contributed by atoms with Gasteiger partial charge >= 0.3 is 0 Å². The molecule has 0 saturated heterocycles. The Morgan fingerprint density at radius 1 is 1.04 bits per heavy atom. The molecule has 0 aliphatic heterocycles. The van der Waals surface area contributed by atoms with Crippen LogP contribution in [-0.2, 0) is 7.05 Å². The lowest BCUT2D eigenvalue weighted by molar-refractivity contribution is 0.414. The van der Waals surface area contributed by atoms with E-state index in [4.69, 9.17) is 16.3 Å². The largest absolute Gasteiger partial charge is 0.497 e. The van der Waals surface area contributed by atoms with E-state index < -0.39 is 0 Å². The van der Waals surface area contributed by atoms with E-state index in [1.54, 1.807) is 19.5 Å². The molecule has 0 amide bonds. The maximum atomic E-state index is 6.12. The number of aryl methyl sites for hydroxylation is 1. The Labute approximate surface area is 162 Å². The van der Waals surface area contributed by atoms with Gasteiger partial charge in [-0.2, -0.15) is 0 Å². The highest BCUT2D eigenvalue weighted by molar-refractivity contribution is 6.31. The number of imidazole rings is 1. The topological polar surface area (TPSA) is 52.0 Å². The molecule has 2 heterocycles. The number of pyridine rings is 1. The summed E-state index contributed by atoms with van der Waals surface area (Å²) >= 11 is 6.12. The lowest BCUT2D eigenvalue weighted by Crippen LogP contribution is -2.17. The molecule has 6 heteroatoms. The van der Waals surface area contributed by atoms with Crippen LogP contribution in [-0.4, -0.2) is 21.6 Å². The van der Waals surface area contributed by atoms with Gasteiger partial charge in [-0.3, -0.25) is 4.98 Å². The predicted octanol–water partition coefficient (Wildman–Crippen LogP) is 4.83. The third kappa shape index (κ3) is 3.46. The molecule has 5 nitrogen and oxygen atoms in total. The van der Waals surface area contributed by atoms with E-state index >= 15 is 0 Å². The van der Waals surface area contributed by atoms with Gasteiger partial charge in [-0.15, -0.1) is 0 Å². The Bertz CT molecular complexity index is 1080. The quantitative estimate of drug-likeness (QED) is 0.540. The molecule has 0 saturated carbocycles. The summed E-state index contributed by atoms with van der Waals surface area (Å²) in [5.41, 5.74) is 2.91. The molecule has 27 heavy (non-hydrogen) atoms. The maximum absolute atomic E-state index is 6.12. The van der Waals surface area contributed by atoms with Crippen LogP contribution in [0.4, 0.5) is 5.69 Å². The highest BCUT2D eigenvalue weighted by Crippen LogP contribution is 2.31. The lowest BCUT2D eigenvalue weighted by atomic mass is 10.0. The van der Waals surface area contributed by atoms with Crippen molar-refractivity contribution in [1.82, 2.24) is 14.5 Å². The molecule has 4 aromatic rings. The summed E-state index contributed by atoms with van der Waals surface area (Å²) in [6.45, 7) is 0. The van der Waals surface area contributed by atoms with Crippen LogP contribution in [0.3, 0.4) is 0 Å². The van der Waals surface area contributed by atoms with E-state index in [9.17, 15) is 0 Å². The number of hydrogen-bond donors (Lipinski definition) is 1. The summed E-state index contributed by atoms with van der Waals surface area (Å²) in [6.07, 6.45) is 5.53. The van der Waals surface area contributed by atoms with Crippen LogP contribution in [0.2, 0.25) is 5.02 Å². The van der Waals surface area contributed by atoms with Crippen LogP contribution in [0.1, 0.15) is 17.4 Å². The zero-order chi connectivity index (χ0) is 18.8. The Hall–Kier alpha value is -3.05. The van der Waals surface area contributed by atoms with Gasteiger partial charge in [-0.05, 0) is 42.0 Å². The molecule has 1 N–H and O–H groups in total. The first-order chi connectivity index (χ1) is 13.2. The second kappa shape index (κ2) is 7.29. The van der Waals surface area contributed by atoms with Gasteiger partial charge in [0.15, 0.2) is 0 Å². The number of methoxy groups -OCH3 is 1. The Balaban J connectivity index is 1.79. The first-order valence-corrected chi connectivity index (χ1v) is 8.95. The third-order valence-electron chi connectivity index (χ3n) is 4.57. The molecular formula is C21H19ClN4O. The minimum Gasteiger partial charge on any atom is -0.497 e. The summed E-state index contributed by atoms with van der Waals surface area (Å²) in [7, 11) is 3.66. The number of nitrogens with one attached hydrogen (secondary N) is 1. The number of benzene rings is 2. The standard InChI is InChI=1S/C21H19ClN4O/c1-26-12-11-24-21(26)20(14-3-6-16(27-2)7-4-14)25-18-9-10-23-19-13-15(22)5-8-17(18)19/h3-13,20H,1-2H3,(H,23,25). The SMILES string of the molecule is COc1ccc(C(Nc2ccnc3cc(Cl)ccc23)c2nccn2C)cc1. The van der Waals surface area contributed by atoms with Crippen molar-refractivity contribution in [3.05, 3.63) is 83.5 Å². The van der Waals surface area contributed by atoms with E-state index in [2.05, 4.69) is 15.3 Å². The van der Waals surface area contributed by atoms with Crippen LogP contribution >= 0.6 is 11.6 Å². The minimum atomic E-state index is -0.128. The number of rotatable bonds is 5. The number of fused-ring (bicyclic) bond motifs is 1. The van der Waals surface area contributed by atoms with Gasteiger partial charge in [-0.25, -0.2) is 4.98 Å². The van der Waals surface area contributed by atoms with Gasteiger partial charge in [-0.1, -0.05) is 23.7 Å². The van der Waals surface area contributed by atoms with Crippen LogP contribution < -0.4 is 10.1 Å². The fourth-order valence-corrected chi connectivity index (χ4v) is 3.32. The smallest absolute Gasteiger partial charge is 0.135 e. The van der Waals surface area contributed by atoms with Crippen LogP contribution in [0, 0.1) is 0 Å². The molecule has 1 atom stereocenters. The molecule has 0 bridgehead atoms. The fraction of sp³-hybridized carbons (Fsp3) is 0.143. The normalized spacial score (nSPS) is 12.1. The molecule has 0 spiro atoms. The van der Waals surface area contributed by atoms with Gasteiger partial charge in [0, 0.05) is 41.7 Å². The minimum absolute atomic E-state index is 0.128. The Morgan fingerprint density at radius 3 is 2.56 bits per heavy atom. The summed E-state index contributed by atoms with van der Waals surface area (Å²) < 4.78 is 7.30. The van der Waals surface area contributed by atoms with E-state index in [0.29, 0.717) is 5.02 Å². The maximum Gasteiger partial charge on any atom is 0.135 e. The molecule has 2 aromatic carbocycles. The summed E-state index contributed by atoms with van der Waals surface area (Å²) in [6, 6.07) is 15.6. The molecule has 0 fully saturated rings. The van der Waals surface area contributed by atoms with Crippen molar-refractivity contribution in [3.8, 4) is 5.75 Å². The van der Waals surface area contributed by atoms with Crippen molar-refractivity contribution in [2.75, 3.05) is 12.4 Å². The van der Waals surface area contributed by atoms with Crippen LogP contribution in [0.5, 0.6) is 5.75 Å². The number of halogens is 1. The van der Waals surface area contributed by atoms with Gasteiger partial charge in [0.25, 0.3) is 0 Å². The van der Waals surface area contributed by atoms with E-state index in [0.717, 1.165) is 33.7 Å². The highest BCUT2D eigenvalue weighted by Gasteiger charge is 2.19. The van der Waals surface area contributed by atoms with Crippen molar-refractivity contribution in [2.45, 2.75) is 6.04 Å². The average molecular weight is 379 g/mol. The summed E-state index contributed by atoms with van der Waals surface area (Å²) in [5, 5.41) is 5.31. The van der Waals surface area contributed by atoms with E-state index in [1.807, 2.05) is 66.3 Å². The molecule has 2 aromatic heterocycles. The first kappa shape index (κ1) is 17.4. The number of nitrogens with zero attached hydrogens (tertiary/aromatic N) is 3. The second-order valence-electron chi connectivity index (χ2n) is 6.27. The molecule has 0 radical (unpaired) electrons. The van der Waals surface area contributed by atoms with Crippen LogP contribution in [0.15, 0.2) is 67.1 Å². The molecule has 0 aliphatic rings. The summed E-state index contributed by atoms with van der Waals surface area (Å²) in [4.78, 5) is 8.98. The molecule has 0 aliphatic carbocycles. The van der Waals surface area contributed by atoms with Crippen molar-refractivity contribution in [2.24, 2.45) is 7.05 Å². The van der Waals surface area contributed by atoms with E-state index in [-0.39, 0.29) is 6.04 Å². The Kier molecular flexibility index (Phi) is 4.69. The third-order valence-corrected chi connectivity index (χ3v) is 4.81. The lowest BCUT2D eigenvalue weighted by Gasteiger charge is -2.21. The van der Waals surface area contributed by atoms with Crippen molar-refractivity contribution in [1.29, 1.82) is 0 Å². The van der Waals surface area contributed by atoms with Crippen molar-refractivity contribution < 1.29 is 4.74 Å². The highest BCUT2D eigenvalue weighted by atomic mass is 35.5. The monoisotopic (exact) mass is 378 g/mol. The number of anilines is 1. The van der Waals surface area contributed by atoms with Crippen LogP contribution in [0.25, 0.3) is 10.9 Å². The van der Waals surface area contributed by atoms with Gasteiger partial charge in [0.2, 0.25) is 0 Å². The summed E-state index contributed by atoms with van der Waals surface area (Å²) in [5.74, 6) is 1.74. The first-order valence-electron chi connectivity index (χ1n) is 8.57. The zero-order valence-electron chi connectivity index (χ0n) is 15.1. The molecule has 4 rings (SSSR count). The number of ether oxygens (including phenoxy) is 1. The average Bonchev–Trinajstić information content (AvgIpc) is 3.11. The van der Waals surface area contributed by atoms with Crippen molar-refractivity contribution >= 4 is 28.2 Å². The van der Waals surface area contributed by atoms with E-state index in [1.165, 1.54) is 0 Å². The zero-order valence-corrected chi connectivity index (χ0v) is 15.8. The van der Waals surface area contributed by atoms with Crippen molar-refractivity contribution in [3.63, 3.8) is 0 Å². The predicted molar refractivity (Wildman–Crippen MR) is 108 cm³/mol. The fourth-order valence-electron chi connectivity index (χ4n) is 3.15. The van der Waals surface area contributed by atoms with Gasteiger partial charge < -0.3 is 14.6 Å². The second-order valence-corrected chi connectivity index (χ2v) is 6.70. The number of aromatic nitrogens is 3. The number of hydrogen-bond acceptors (Lipinski definition) is 4. The van der Waals surface area contributed by atoms with Gasteiger partial charge in [0.1, 0.15) is 17.6 Å².